The van der Waals surface area contributed by atoms with Crippen molar-refractivity contribution >= 4 is 28.2 Å². The number of hydrogen-bond acceptors (Lipinski definition) is 5. The third-order valence-corrected chi connectivity index (χ3v) is 9.65. The van der Waals surface area contributed by atoms with Gasteiger partial charge in [0.25, 0.3) is 0 Å². The largest absolute Gasteiger partial charge is 0.504 e. The highest BCUT2D eigenvalue weighted by Gasteiger charge is 2.50. The van der Waals surface area contributed by atoms with E-state index in [-0.39, 0.29) is 23.2 Å². The number of para-hydroxylation sites is 1. The van der Waals surface area contributed by atoms with Crippen LogP contribution in [0.15, 0.2) is 77.7 Å². The summed E-state index contributed by atoms with van der Waals surface area (Å²) < 4.78 is 36.5. The Morgan fingerprint density at radius 2 is 1.68 bits per heavy atom. The van der Waals surface area contributed by atoms with Crippen molar-refractivity contribution in [2.45, 2.75) is 63.1 Å². The monoisotopic (exact) mass is 520 g/mol. The molecule has 1 unspecified atom stereocenters. The number of rotatable bonds is 9. The summed E-state index contributed by atoms with van der Waals surface area (Å²) in [7, 11) is -2.52. The van der Waals surface area contributed by atoms with E-state index in [0.29, 0.717) is 25.0 Å². The Kier molecular flexibility index (Phi) is 8.19. The van der Waals surface area contributed by atoms with Crippen LogP contribution in [-0.4, -0.2) is 43.8 Å². The van der Waals surface area contributed by atoms with Crippen LogP contribution in [-0.2, 0) is 16.3 Å². The van der Waals surface area contributed by atoms with Crippen molar-refractivity contribution in [1.82, 2.24) is 4.22 Å². The SMILES string of the molecule is CCCCC1(CC)CN(c2ccccc2)c2cc(OC)c(O)cc2S(=O)(=O)N1B(C)Cc1ccccc1. The van der Waals surface area contributed by atoms with E-state index in [2.05, 4.69) is 18.7 Å². The van der Waals surface area contributed by atoms with E-state index in [1.54, 1.807) is 10.3 Å². The Hall–Kier alpha value is -2.97. The van der Waals surface area contributed by atoms with E-state index in [0.717, 1.165) is 30.5 Å². The Balaban J connectivity index is 1.98. The maximum atomic E-state index is 14.7. The second-order valence-corrected chi connectivity index (χ2v) is 11.7. The lowest BCUT2D eigenvalue weighted by Gasteiger charge is -2.46. The molecule has 3 aromatic rings. The number of nitrogens with zero attached hydrogens (tertiary/aromatic N) is 2. The molecule has 196 valence electrons. The maximum Gasteiger partial charge on any atom is 0.244 e. The quantitative estimate of drug-likeness (QED) is 0.336. The van der Waals surface area contributed by atoms with Crippen LogP contribution in [0.5, 0.6) is 11.5 Å². The van der Waals surface area contributed by atoms with Gasteiger partial charge in [0.1, 0.15) is 4.90 Å². The first-order valence-electron chi connectivity index (χ1n) is 13.1. The van der Waals surface area contributed by atoms with Crippen molar-refractivity contribution < 1.29 is 18.3 Å². The summed E-state index contributed by atoms with van der Waals surface area (Å²) in [5.74, 6) is 0.0578. The minimum absolute atomic E-state index is 0.0985. The van der Waals surface area contributed by atoms with Gasteiger partial charge in [-0.15, -0.1) is 0 Å². The van der Waals surface area contributed by atoms with Crippen molar-refractivity contribution in [3.63, 3.8) is 0 Å². The summed E-state index contributed by atoms with van der Waals surface area (Å²) in [4.78, 5) is 2.19. The van der Waals surface area contributed by atoms with Crippen LogP contribution < -0.4 is 9.64 Å². The summed E-state index contributed by atoms with van der Waals surface area (Å²) in [6.07, 6.45) is 3.86. The molecule has 1 aliphatic rings. The lowest BCUT2D eigenvalue weighted by Crippen LogP contribution is -2.60. The first-order valence-corrected chi connectivity index (χ1v) is 14.5. The van der Waals surface area contributed by atoms with Crippen molar-refractivity contribution in [3.05, 3.63) is 78.4 Å². The van der Waals surface area contributed by atoms with Crippen LogP contribution >= 0.6 is 0 Å². The molecular formula is C29H37BN2O4S. The number of phenolic OH excluding ortho intramolecular Hbond substituents is 1. The molecule has 37 heavy (non-hydrogen) atoms. The van der Waals surface area contributed by atoms with Gasteiger partial charge in [-0.25, -0.2) is 12.6 Å². The van der Waals surface area contributed by atoms with Crippen LogP contribution in [0.4, 0.5) is 11.4 Å². The highest BCUT2D eigenvalue weighted by Crippen LogP contribution is 2.47. The highest BCUT2D eigenvalue weighted by molar-refractivity contribution is 7.90. The molecule has 1 atom stereocenters. The van der Waals surface area contributed by atoms with E-state index in [4.69, 9.17) is 4.74 Å². The summed E-state index contributed by atoms with van der Waals surface area (Å²) in [5.41, 5.74) is 1.86. The van der Waals surface area contributed by atoms with Crippen molar-refractivity contribution in [1.29, 1.82) is 0 Å². The second kappa shape index (κ2) is 11.2. The third kappa shape index (κ3) is 5.23. The van der Waals surface area contributed by atoms with Crippen LogP contribution in [0.1, 0.15) is 45.1 Å². The fourth-order valence-electron chi connectivity index (χ4n) is 5.65. The molecule has 0 saturated carbocycles. The molecule has 0 spiro atoms. The molecule has 3 aromatic carbocycles. The molecule has 0 aliphatic carbocycles. The predicted octanol–water partition coefficient (Wildman–Crippen LogP) is 6.29. The van der Waals surface area contributed by atoms with Crippen LogP contribution in [0.25, 0.3) is 0 Å². The smallest absolute Gasteiger partial charge is 0.244 e. The molecule has 0 aromatic heterocycles. The predicted molar refractivity (Wildman–Crippen MR) is 151 cm³/mol. The summed E-state index contributed by atoms with van der Waals surface area (Å²) in [5, 5.41) is 10.7. The number of anilines is 2. The molecule has 1 aliphatic heterocycles. The number of sulfonamides is 1. The minimum Gasteiger partial charge on any atom is -0.504 e. The molecule has 0 fully saturated rings. The number of ether oxygens (including phenoxy) is 1. The Labute approximate surface area is 222 Å². The molecule has 0 saturated heterocycles. The molecule has 0 radical (unpaired) electrons. The molecule has 1 N–H and O–H groups in total. The Morgan fingerprint density at radius 1 is 1.03 bits per heavy atom. The molecule has 0 bridgehead atoms. The summed E-state index contributed by atoms with van der Waals surface area (Å²) >= 11 is 0. The summed E-state index contributed by atoms with van der Waals surface area (Å²) in [6, 6.07) is 22.9. The zero-order chi connectivity index (χ0) is 26.6. The van der Waals surface area contributed by atoms with Gasteiger partial charge in [-0.1, -0.05) is 87.6 Å². The number of hydrogen-bond donors (Lipinski definition) is 1. The fraction of sp³-hybridized carbons (Fsp3) is 0.379. The van der Waals surface area contributed by atoms with Gasteiger partial charge in [0.05, 0.1) is 12.8 Å². The lowest BCUT2D eigenvalue weighted by atomic mass is 9.57. The Morgan fingerprint density at radius 3 is 2.27 bits per heavy atom. The van der Waals surface area contributed by atoms with Gasteiger partial charge in [0, 0.05) is 29.9 Å². The highest BCUT2D eigenvalue weighted by atomic mass is 32.2. The Bertz CT molecular complexity index is 1300. The lowest BCUT2D eigenvalue weighted by molar-refractivity contribution is 0.243. The molecule has 4 rings (SSSR count). The zero-order valence-electron chi connectivity index (χ0n) is 22.2. The molecule has 6 nitrogen and oxygen atoms in total. The molecule has 0 amide bonds. The van der Waals surface area contributed by atoms with Crippen molar-refractivity contribution in [2.75, 3.05) is 18.6 Å². The van der Waals surface area contributed by atoms with Crippen molar-refractivity contribution in [2.24, 2.45) is 0 Å². The van der Waals surface area contributed by atoms with Gasteiger partial charge in [-0.05, 0) is 31.3 Å². The van der Waals surface area contributed by atoms with E-state index in [9.17, 15) is 13.5 Å². The van der Waals surface area contributed by atoms with Crippen molar-refractivity contribution in [3.8, 4) is 11.5 Å². The average Bonchev–Trinajstić information content (AvgIpc) is 2.98. The number of phenols is 1. The minimum atomic E-state index is -4.00. The fourth-order valence-corrected chi connectivity index (χ4v) is 7.89. The van der Waals surface area contributed by atoms with Crippen LogP contribution in [0.3, 0.4) is 0 Å². The van der Waals surface area contributed by atoms with Gasteiger partial charge in [-0.2, -0.15) is 0 Å². The van der Waals surface area contributed by atoms with E-state index in [1.165, 1.54) is 13.2 Å². The number of unbranched alkanes of at least 4 members (excludes halogenated alkanes) is 1. The average molecular weight is 521 g/mol. The van der Waals surface area contributed by atoms with Crippen LogP contribution in [0.2, 0.25) is 6.82 Å². The van der Waals surface area contributed by atoms with Gasteiger partial charge in [0.2, 0.25) is 16.9 Å². The topological polar surface area (TPSA) is 70.1 Å². The van der Waals surface area contributed by atoms with Gasteiger partial charge in [0.15, 0.2) is 11.5 Å². The zero-order valence-corrected chi connectivity index (χ0v) is 23.0. The van der Waals surface area contributed by atoms with E-state index >= 15 is 0 Å². The van der Waals surface area contributed by atoms with E-state index in [1.807, 2.05) is 67.5 Å². The normalized spacial score (nSPS) is 19.2. The molecule has 8 heteroatoms. The first-order chi connectivity index (χ1) is 17.8. The maximum absolute atomic E-state index is 14.7. The number of benzene rings is 3. The van der Waals surface area contributed by atoms with Gasteiger partial charge in [-0.3, -0.25) is 0 Å². The standard InChI is InChI=1S/C29H37BN2O4S/c1-5-7-18-29(6-2)22-31(24-16-12-9-13-17-24)25-19-27(36-4)26(33)20-28(25)37(34,35)32(29)30(3)21-23-14-10-8-11-15-23/h8-17,19-20,33H,5-7,18,21-22H2,1-4H3. The first kappa shape index (κ1) is 27.1. The molecule has 1 heterocycles. The summed E-state index contributed by atoms with van der Waals surface area (Å²) in [6.45, 7) is 6.43. The second-order valence-electron chi connectivity index (χ2n) is 9.93. The van der Waals surface area contributed by atoms with E-state index < -0.39 is 15.6 Å². The number of aromatic hydroxyl groups is 1. The van der Waals surface area contributed by atoms with Crippen LogP contribution in [0, 0.1) is 0 Å². The third-order valence-electron chi connectivity index (χ3n) is 7.50. The van der Waals surface area contributed by atoms with Gasteiger partial charge >= 0.3 is 0 Å². The number of methoxy groups -OCH3 is 1. The van der Waals surface area contributed by atoms with Gasteiger partial charge < -0.3 is 14.7 Å². The number of fused-ring (bicyclic) bond motifs is 1. The molecular weight excluding hydrogens is 483 g/mol.